The van der Waals surface area contributed by atoms with Crippen LogP contribution < -0.4 is 0 Å². The summed E-state index contributed by atoms with van der Waals surface area (Å²) in [5, 5.41) is 9.30. The van der Waals surface area contributed by atoms with Crippen molar-refractivity contribution in [3.63, 3.8) is 0 Å². The highest BCUT2D eigenvalue weighted by molar-refractivity contribution is 7.16. The molecule has 0 aliphatic heterocycles. The minimum absolute atomic E-state index is 0.176. The molecular weight excluding hydrogens is 337 g/mol. The van der Waals surface area contributed by atoms with Gasteiger partial charge in [-0.3, -0.25) is 4.79 Å². The first-order valence-electron chi connectivity index (χ1n) is 7.53. The molecule has 0 aliphatic carbocycles. The van der Waals surface area contributed by atoms with Crippen molar-refractivity contribution in [2.45, 2.75) is 6.54 Å². The molecule has 3 rings (SSSR count). The highest BCUT2D eigenvalue weighted by Gasteiger charge is 2.17. The molecule has 1 heterocycles. The van der Waals surface area contributed by atoms with Gasteiger partial charge in [0.2, 0.25) is 0 Å². The number of hydrogen-bond acceptors (Lipinski definition) is 4. The van der Waals surface area contributed by atoms with E-state index in [1.165, 1.54) is 23.6 Å². The smallest absolute Gasteiger partial charge is 0.265 e. The number of halogens is 1. The van der Waals surface area contributed by atoms with Crippen LogP contribution in [0, 0.1) is 17.1 Å². The van der Waals surface area contributed by atoms with E-state index in [0.29, 0.717) is 27.6 Å². The molecule has 124 valence electrons. The third kappa shape index (κ3) is 3.73. The number of amides is 1. The Bertz CT molecular complexity index is 944. The predicted molar refractivity (Wildman–Crippen MR) is 94.5 cm³/mol. The summed E-state index contributed by atoms with van der Waals surface area (Å²) in [7, 11) is 1.70. The molecule has 1 amide bonds. The molecule has 0 spiro atoms. The first-order chi connectivity index (χ1) is 12.1. The maximum Gasteiger partial charge on any atom is 0.265 e. The summed E-state index contributed by atoms with van der Waals surface area (Å²) in [5.74, 6) is -0.536. The van der Waals surface area contributed by atoms with Crippen LogP contribution in [0.15, 0.2) is 54.7 Å². The van der Waals surface area contributed by atoms with Crippen LogP contribution in [0.25, 0.3) is 10.6 Å². The van der Waals surface area contributed by atoms with Crippen molar-refractivity contribution in [2.75, 3.05) is 7.05 Å². The second-order valence-corrected chi connectivity index (χ2v) is 6.51. The number of nitrogens with zero attached hydrogens (tertiary/aromatic N) is 3. The van der Waals surface area contributed by atoms with Crippen LogP contribution in [0.2, 0.25) is 0 Å². The number of aromatic nitrogens is 1. The summed E-state index contributed by atoms with van der Waals surface area (Å²) in [5.41, 5.74) is 1.89. The van der Waals surface area contributed by atoms with Crippen molar-refractivity contribution >= 4 is 17.2 Å². The Morgan fingerprint density at radius 3 is 2.64 bits per heavy atom. The number of nitriles is 1. The second-order valence-electron chi connectivity index (χ2n) is 5.48. The first-order valence-corrected chi connectivity index (χ1v) is 8.35. The Kier molecular flexibility index (Phi) is 4.87. The average molecular weight is 351 g/mol. The minimum atomic E-state index is -0.359. The lowest BCUT2D eigenvalue weighted by molar-refractivity contribution is 0.0789. The zero-order chi connectivity index (χ0) is 17.8. The molecule has 0 saturated heterocycles. The van der Waals surface area contributed by atoms with Gasteiger partial charge in [0, 0.05) is 19.2 Å². The van der Waals surface area contributed by atoms with Gasteiger partial charge in [-0.2, -0.15) is 5.26 Å². The van der Waals surface area contributed by atoms with Crippen LogP contribution in [0.3, 0.4) is 0 Å². The monoisotopic (exact) mass is 351 g/mol. The van der Waals surface area contributed by atoms with E-state index in [1.54, 1.807) is 42.3 Å². The summed E-state index contributed by atoms with van der Waals surface area (Å²) in [4.78, 5) is 18.7. The van der Waals surface area contributed by atoms with Crippen LogP contribution in [-0.4, -0.2) is 22.8 Å². The largest absolute Gasteiger partial charge is 0.337 e. The lowest BCUT2D eigenvalue weighted by Crippen LogP contribution is -2.25. The molecular formula is C19H14FN3OS. The van der Waals surface area contributed by atoms with Crippen molar-refractivity contribution < 1.29 is 9.18 Å². The molecule has 1 aromatic heterocycles. The number of rotatable bonds is 4. The molecule has 25 heavy (non-hydrogen) atoms. The summed E-state index contributed by atoms with van der Waals surface area (Å²) in [6.07, 6.45) is 1.48. The zero-order valence-corrected chi connectivity index (χ0v) is 14.3. The molecule has 0 unspecified atom stereocenters. The molecule has 4 nitrogen and oxygen atoms in total. The topological polar surface area (TPSA) is 57.0 Å². The number of carbonyl (C=O) groups is 1. The van der Waals surface area contributed by atoms with Gasteiger partial charge in [0.05, 0.1) is 17.8 Å². The molecule has 0 N–H and O–H groups in total. The molecule has 3 aromatic rings. The molecule has 0 fully saturated rings. The van der Waals surface area contributed by atoms with Crippen molar-refractivity contribution in [2.24, 2.45) is 0 Å². The van der Waals surface area contributed by atoms with E-state index >= 15 is 0 Å². The number of carbonyl (C=O) groups excluding carboxylic acids is 1. The number of benzene rings is 2. The van der Waals surface area contributed by atoms with Crippen molar-refractivity contribution in [3.8, 4) is 16.6 Å². The van der Waals surface area contributed by atoms with Crippen LogP contribution >= 0.6 is 11.3 Å². The molecule has 0 bridgehead atoms. The van der Waals surface area contributed by atoms with Gasteiger partial charge >= 0.3 is 0 Å². The highest BCUT2D eigenvalue weighted by Crippen LogP contribution is 2.28. The fourth-order valence-corrected chi connectivity index (χ4v) is 3.29. The van der Waals surface area contributed by atoms with Crippen molar-refractivity contribution in [1.82, 2.24) is 9.88 Å². The van der Waals surface area contributed by atoms with Gasteiger partial charge in [0.25, 0.3) is 5.91 Å². The van der Waals surface area contributed by atoms with Crippen molar-refractivity contribution in [1.29, 1.82) is 5.26 Å². The van der Waals surface area contributed by atoms with E-state index < -0.39 is 0 Å². The molecule has 6 heteroatoms. The predicted octanol–water partition coefficient (Wildman–Crippen LogP) is 4.09. The van der Waals surface area contributed by atoms with E-state index in [9.17, 15) is 9.18 Å². The Morgan fingerprint density at radius 2 is 1.96 bits per heavy atom. The molecule has 0 saturated carbocycles. The molecule has 0 radical (unpaired) electrons. The average Bonchev–Trinajstić information content (AvgIpc) is 3.12. The summed E-state index contributed by atoms with van der Waals surface area (Å²) < 4.78 is 13.8. The van der Waals surface area contributed by atoms with Gasteiger partial charge in [-0.05, 0) is 29.8 Å². The highest BCUT2D eigenvalue weighted by atomic mass is 32.1. The second kappa shape index (κ2) is 7.24. The molecule has 0 atom stereocenters. The SMILES string of the molecule is CN(Cc1ccc(C#N)cc1)C(=O)c1cnc(-c2ccccc2F)s1. The van der Waals surface area contributed by atoms with Gasteiger partial charge in [-0.15, -0.1) is 11.3 Å². The van der Waals surface area contributed by atoms with Crippen LogP contribution in [0.4, 0.5) is 4.39 Å². The summed E-state index contributed by atoms with van der Waals surface area (Å²) >= 11 is 1.17. The maximum atomic E-state index is 13.8. The Morgan fingerprint density at radius 1 is 1.24 bits per heavy atom. The summed E-state index contributed by atoms with van der Waals surface area (Å²) in [6.45, 7) is 0.414. The van der Waals surface area contributed by atoms with Gasteiger partial charge in [-0.1, -0.05) is 24.3 Å². The minimum Gasteiger partial charge on any atom is -0.337 e. The summed E-state index contributed by atoms with van der Waals surface area (Å²) in [6, 6.07) is 15.5. The lowest BCUT2D eigenvalue weighted by Gasteiger charge is -2.16. The first kappa shape index (κ1) is 16.8. The lowest BCUT2D eigenvalue weighted by atomic mass is 10.1. The Labute approximate surface area is 148 Å². The van der Waals surface area contributed by atoms with Crippen LogP contribution in [0.5, 0.6) is 0 Å². The molecule has 0 aliphatic rings. The number of thiazole rings is 1. The van der Waals surface area contributed by atoms with E-state index in [4.69, 9.17) is 5.26 Å². The molecule has 2 aromatic carbocycles. The Balaban J connectivity index is 1.74. The zero-order valence-electron chi connectivity index (χ0n) is 13.4. The normalized spacial score (nSPS) is 10.3. The maximum absolute atomic E-state index is 13.8. The van der Waals surface area contributed by atoms with E-state index in [2.05, 4.69) is 11.1 Å². The van der Waals surface area contributed by atoms with E-state index in [-0.39, 0.29) is 11.7 Å². The number of hydrogen-bond donors (Lipinski definition) is 0. The van der Waals surface area contributed by atoms with Gasteiger partial charge in [-0.25, -0.2) is 9.37 Å². The third-order valence-corrected chi connectivity index (χ3v) is 4.69. The fraction of sp³-hybridized carbons (Fsp3) is 0.105. The standard InChI is InChI=1S/C19H14FN3OS/c1-23(12-14-8-6-13(10-21)7-9-14)19(24)17-11-22-18(25-17)15-4-2-3-5-16(15)20/h2-9,11H,12H2,1H3. The van der Waals surface area contributed by atoms with Crippen molar-refractivity contribution in [3.05, 3.63) is 76.5 Å². The van der Waals surface area contributed by atoms with E-state index in [0.717, 1.165) is 5.56 Å². The van der Waals surface area contributed by atoms with Gasteiger partial charge in [0.15, 0.2) is 0 Å². The quantitative estimate of drug-likeness (QED) is 0.711. The van der Waals surface area contributed by atoms with Gasteiger partial charge in [0.1, 0.15) is 15.7 Å². The van der Waals surface area contributed by atoms with Crippen LogP contribution in [-0.2, 0) is 6.54 Å². The third-order valence-electron chi connectivity index (χ3n) is 3.67. The Hall–Kier alpha value is -3.04. The van der Waals surface area contributed by atoms with E-state index in [1.807, 2.05) is 12.1 Å². The van der Waals surface area contributed by atoms with Crippen LogP contribution in [0.1, 0.15) is 20.8 Å². The fourth-order valence-electron chi connectivity index (χ4n) is 2.35. The van der Waals surface area contributed by atoms with Gasteiger partial charge < -0.3 is 4.90 Å².